The standard InChI is InChI=1S/C20H38N6O7/c1-3-11(2)16(20(32)33)26-19(31)14(10-27)25-18(30)13(7-8-15(23)28)24-17(29)12(22)6-4-5-9-21/h11-14,16,27H,3-10,21-22H2,1-2H3,(H2,23,28)(H,24,29)(H,25,30)(H,26,31)(H,32,33). The predicted octanol–water partition coefficient (Wildman–Crippen LogP) is -2.71. The molecule has 0 bridgehead atoms. The molecular formula is C20H38N6O7. The number of hydrogen-bond donors (Lipinski definition) is 8. The highest BCUT2D eigenvalue weighted by Crippen LogP contribution is 2.08. The number of nitrogens with two attached hydrogens (primary N) is 3. The van der Waals surface area contributed by atoms with Crippen molar-refractivity contribution in [3.63, 3.8) is 0 Å². The van der Waals surface area contributed by atoms with Crippen LogP contribution < -0.4 is 33.2 Å². The lowest BCUT2D eigenvalue weighted by Gasteiger charge is -2.25. The highest BCUT2D eigenvalue weighted by atomic mass is 16.4. The normalized spacial score (nSPS) is 15.4. The van der Waals surface area contributed by atoms with E-state index in [4.69, 9.17) is 17.2 Å². The van der Waals surface area contributed by atoms with Crippen LogP contribution in [-0.2, 0) is 24.0 Å². The van der Waals surface area contributed by atoms with E-state index in [0.717, 1.165) is 0 Å². The Kier molecular flexibility index (Phi) is 14.6. The van der Waals surface area contributed by atoms with Crippen molar-refractivity contribution in [2.45, 2.75) is 76.5 Å². The Morgan fingerprint density at radius 2 is 1.48 bits per heavy atom. The van der Waals surface area contributed by atoms with Crippen molar-refractivity contribution in [3.8, 4) is 0 Å². The van der Waals surface area contributed by atoms with Gasteiger partial charge in [-0.1, -0.05) is 26.7 Å². The maximum absolute atomic E-state index is 12.7. The second-order valence-corrected chi connectivity index (χ2v) is 7.91. The molecule has 0 aromatic heterocycles. The van der Waals surface area contributed by atoms with Gasteiger partial charge >= 0.3 is 5.97 Å². The molecule has 33 heavy (non-hydrogen) atoms. The van der Waals surface area contributed by atoms with Crippen molar-refractivity contribution in [3.05, 3.63) is 0 Å². The van der Waals surface area contributed by atoms with E-state index in [1.165, 1.54) is 0 Å². The number of carboxylic acids is 1. The number of carbonyl (C=O) groups is 5. The Labute approximate surface area is 193 Å². The number of carboxylic acid groups (broad SMARTS) is 1. The number of aliphatic hydroxyl groups excluding tert-OH is 1. The van der Waals surface area contributed by atoms with E-state index in [1.54, 1.807) is 13.8 Å². The Hall–Kier alpha value is -2.77. The SMILES string of the molecule is CCC(C)C(NC(=O)C(CO)NC(=O)C(CCC(N)=O)NC(=O)C(N)CCCCN)C(=O)O. The fourth-order valence-corrected chi connectivity index (χ4v) is 2.88. The van der Waals surface area contributed by atoms with Crippen LogP contribution in [0.25, 0.3) is 0 Å². The van der Waals surface area contributed by atoms with Crippen molar-refractivity contribution >= 4 is 29.6 Å². The molecule has 0 aliphatic heterocycles. The first kappa shape index (κ1) is 30.2. The third-order valence-electron chi connectivity index (χ3n) is 5.21. The molecule has 11 N–H and O–H groups in total. The van der Waals surface area contributed by atoms with Crippen LogP contribution in [0.5, 0.6) is 0 Å². The van der Waals surface area contributed by atoms with Gasteiger partial charge in [-0.2, -0.15) is 0 Å². The Morgan fingerprint density at radius 3 is 1.97 bits per heavy atom. The number of aliphatic hydroxyl groups is 1. The van der Waals surface area contributed by atoms with Crippen LogP contribution in [-0.4, -0.2) is 77.1 Å². The number of primary amides is 1. The van der Waals surface area contributed by atoms with Gasteiger partial charge in [-0.3, -0.25) is 19.2 Å². The number of hydrogen-bond acceptors (Lipinski definition) is 8. The zero-order chi connectivity index (χ0) is 25.6. The quantitative estimate of drug-likeness (QED) is 0.102. The molecule has 0 heterocycles. The van der Waals surface area contributed by atoms with Gasteiger partial charge in [-0.25, -0.2) is 4.79 Å². The van der Waals surface area contributed by atoms with Crippen LogP contribution in [0, 0.1) is 5.92 Å². The van der Waals surface area contributed by atoms with E-state index in [0.29, 0.717) is 32.2 Å². The van der Waals surface area contributed by atoms with E-state index in [-0.39, 0.29) is 12.8 Å². The highest BCUT2D eigenvalue weighted by Gasteiger charge is 2.31. The number of amides is 4. The third-order valence-corrected chi connectivity index (χ3v) is 5.21. The zero-order valence-corrected chi connectivity index (χ0v) is 19.2. The van der Waals surface area contributed by atoms with Crippen molar-refractivity contribution < 1.29 is 34.2 Å². The summed E-state index contributed by atoms with van der Waals surface area (Å²) in [6.07, 6.45) is 1.70. The molecule has 5 unspecified atom stereocenters. The predicted molar refractivity (Wildman–Crippen MR) is 119 cm³/mol. The number of nitrogens with one attached hydrogen (secondary N) is 3. The largest absolute Gasteiger partial charge is 0.480 e. The minimum absolute atomic E-state index is 0.160. The fraction of sp³-hybridized carbons (Fsp3) is 0.750. The molecule has 0 aromatic rings. The van der Waals surface area contributed by atoms with Crippen molar-refractivity contribution in [1.29, 1.82) is 0 Å². The second kappa shape index (κ2) is 15.9. The average molecular weight is 475 g/mol. The van der Waals surface area contributed by atoms with Gasteiger partial charge in [-0.05, 0) is 31.7 Å². The molecule has 0 spiro atoms. The average Bonchev–Trinajstić information content (AvgIpc) is 2.76. The van der Waals surface area contributed by atoms with Crippen LogP contribution in [0.4, 0.5) is 0 Å². The molecule has 0 aromatic carbocycles. The van der Waals surface area contributed by atoms with Gasteiger partial charge in [0.15, 0.2) is 0 Å². The van der Waals surface area contributed by atoms with Crippen LogP contribution in [0.3, 0.4) is 0 Å². The summed E-state index contributed by atoms with van der Waals surface area (Å²) in [6, 6.07) is -4.86. The molecule has 5 atom stereocenters. The zero-order valence-electron chi connectivity index (χ0n) is 19.2. The first-order chi connectivity index (χ1) is 15.5. The first-order valence-electron chi connectivity index (χ1n) is 11.0. The molecule has 13 heteroatoms. The van der Waals surface area contributed by atoms with Gasteiger partial charge in [0.25, 0.3) is 0 Å². The summed E-state index contributed by atoms with van der Waals surface area (Å²) < 4.78 is 0. The lowest BCUT2D eigenvalue weighted by Crippen LogP contribution is -2.58. The summed E-state index contributed by atoms with van der Waals surface area (Å²) in [5.41, 5.74) is 16.4. The molecule has 13 nitrogen and oxygen atoms in total. The molecule has 190 valence electrons. The highest BCUT2D eigenvalue weighted by molar-refractivity contribution is 5.94. The summed E-state index contributed by atoms with van der Waals surface area (Å²) in [7, 11) is 0. The maximum atomic E-state index is 12.7. The number of aliphatic carboxylic acids is 1. The van der Waals surface area contributed by atoms with Gasteiger partial charge < -0.3 is 43.4 Å². The summed E-state index contributed by atoms with van der Waals surface area (Å²) in [4.78, 5) is 60.1. The van der Waals surface area contributed by atoms with E-state index < -0.39 is 66.3 Å². The van der Waals surface area contributed by atoms with Gasteiger partial charge in [-0.15, -0.1) is 0 Å². The van der Waals surface area contributed by atoms with Gasteiger partial charge in [0.05, 0.1) is 12.6 Å². The molecule has 0 rings (SSSR count). The van der Waals surface area contributed by atoms with E-state index >= 15 is 0 Å². The molecule has 4 amide bonds. The topological polar surface area (TPSA) is 240 Å². The molecule has 0 saturated carbocycles. The van der Waals surface area contributed by atoms with Crippen LogP contribution in [0.2, 0.25) is 0 Å². The fourth-order valence-electron chi connectivity index (χ4n) is 2.88. The van der Waals surface area contributed by atoms with Crippen LogP contribution in [0.15, 0.2) is 0 Å². The Balaban J connectivity index is 5.28. The van der Waals surface area contributed by atoms with Crippen molar-refractivity contribution in [1.82, 2.24) is 16.0 Å². The summed E-state index contributed by atoms with van der Waals surface area (Å²) in [5, 5.41) is 25.9. The molecule has 0 saturated heterocycles. The summed E-state index contributed by atoms with van der Waals surface area (Å²) in [5.74, 6) is -4.76. The third kappa shape index (κ3) is 11.6. The maximum Gasteiger partial charge on any atom is 0.326 e. The summed E-state index contributed by atoms with van der Waals surface area (Å²) in [6.45, 7) is 3.02. The first-order valence-corrected chi connectivity index (χ1v) is 11.0. The lowest BCUT2D eigenvalue weighted by molar-refractivity contribution is -0.144. The minimum Gasteiger partial charge on any atom is -0.480 e. The monoisotopic (exact) mass is 474 g/mol. The van der Waals surface area contributed by atoms with E-state index in [9.17, 15) is 34.2 Å². The van der Waals surface area contributed by atoms with Crippen LogP contribution in [0.1, 0.15) is 52.4 Å². The molecule has 0 radical (unpaired) electrons. The Bertz CT molecular complexity index is 675. The number of carbonyl (C=O) groups excluding carboxylic acids is 4. The van der Waals surface area contributed by atoms with Crippen LogP contribution >= 0.6 is 0 Å². The van der Waals surface area contributed by atoms with E-state index in [1.807, 2.05) is 0 Å². The van der Waals surface area contributed by atoms with Gasteiger partial charge in [0, 0.05) is 6.42 Å². The van der Waals surface area contributed by atoms with E-state index in [2.05, 4.69) is 16.0 Å². The molecule has 0 aliphatic carbocycles. The number of rotatable bonds is 17. The van der Waals surface area contributed by atoms with Gasteiger partial charge in [0.1, 0.15) is 18.1 Å². The molecule has 0 fully saturated rings. The number of unbranched alkanes of at least 4 members (excludes halogenated alkanes) is 1. The van der Waals surface area contributed by atoms with Crippen molar-refractivity contribution in [2.24, 2.45) is 23.1 Å². The van der Waals surface area contributed by atoms with Gasteiger partial charge in [0.2, 0.25) is 23.6 Å². The van der Waals surface area contributed by atoms with Crippen molar-refractivity contribution in [2.75, 3.05) is 13.2 Å². The molecule has 0 aliphatic rings. The summed E-state index contributed by atoms with van der Waals surface area (Å²) >= 11 is 0. The lowest BCUT2D eigenvalue weighted by atomic mass is 9.99. The second-order valence-electron chi connectivity index (χ2n) is 7.91. The minimum atomic E-state index is -1.48. The Morgan fingerprint density at radius 1 is 0.909 bits per heavy atom. The molecular weight excluding hydrogens is 436 g/mol. The smallest absolute Gasteiger partial charge is 0.326 e.